The Kier molecular flexibility index (Phi) is 4.49. The van der Waals surface area contributed by atoms with E-state index in [9.17, 15) is 24.6 Å². The van der Waals surface area contributed by atoms with Crippen molar-refractivity contribution in [3.05, 3.63) is 34.1 Å². The molecule has 0 spiro atoms. The second kappa shape index (κ2) is 6.59. The Bertz CT molecular complexity index is 1020. The highest BCUT2D eigenvalue weighted by Crippen LogP contribution is 2.53. The highest BCUT2D eigenvalue weighted by Gasteiger charge is 2.55. The lowest BCUT2D eigenvalue weighted by Gasteiger charge is -2.51. The SMILES string of the molecule is CC(=O)OC1CC2C(CC1C)C1=C(OC2(C)C)C(=O)c2c(cc(O)c(C)c2O)C1=O. The summed E-state index contributed by atoms with van der Waals surface area (Å²) in [5.74, 6) is -2.33. The maximum Gasteiger partial charge on any atom is 0.302 e. The lowest BCUT2D eigenvalue weighted by molar-refractivity contribution is -0.158. The van der Waals surface area contributed by atoms with Gasteiger partial charge in [-0.15, -0.1) is 0 Å². The standard InChI is InChI=1S/C23H26O7/c1-9-6-12-14(8-16(9)29-11(3)24)23(4,5)30-22-18(12)20(27)13-7-15(25)10(2)19(26)17(13)21(22)28/h7,9,12,14,16,25-26H,6,8H2,1-5H3. The fourth-order valence-electron chi connectivity index (χ4n) is 5.25. The van der Waals surface area contributed by atoms with Crippen LogP contribution in [0.3, 0.4) is 0 Å². The summed E-state index contributed by atoms with van der Waals surface area (Å²) in [5.41, 5.74) is -0.451. The van der Waals surface area contributed by atoms with Gasteiger partial charge in [-0.2, -0.15) is 0 Å². The van der Waals surface area contributed by atoms with Crippen molar-refractivity contribution in [2.24, 2.45) is 17.8 Å². The molecule has 0 saturated heterocycles. The van der Waals surface area contributed by atoms with Gasteiger partial charge in [-0.1, -0.05) is 6.92 Å². The lowest BCUT2D eigenvalue weighted by atomic mass is 9.61. The topological polar surface area (TPSA) is 110 Å². The van der Waals surface area contributed by atoms with Crippen molar-refractivity contribution in [3.63, 3.8) is 0 Å². The number of ether oxygens (including phenoxy) is 2. The van der Waals surface area contributed by atoms with E-state index in [-0.39, 0.29) is 58.0 Å². The number of allylic oxidation sites excluding steroid dienone is 2. The molecule has 0 radical (unpaired) electrons. The van der Waals surface area contributed by atoms with Crippen LogP contribution in [0.1, 0.15) is 66.8 Å². The van der Waals surface area contributed by atoms with Crippen molar-refractivity contribution in [1.29, 1.82) is 0 Å². The molecule has 1 saturated carbocycles. The van der Waals surface area contributed by atoms with Crippen LogP contribution in [0.25, 0.3) is 0 Å². The molecular formula is C23H26O7. The molecule has 4 unspecified atom stereocenters. The number of hydrogen-bond acceptors (Lipinski definition) is 7. The molecule has 4 rings (SSSR count). The van der Waals surface area contributed by atoms with E-state index in [0.29, 0.717) is 18.4 Å². The first-order valence-electron chi connectivity index (χ1n) is 10.2. The largest absolute Gasteiger partial charge is 0.508 e. The van der Waals surface area contributed by atoms with Gasteiger partial charge in [0, 0.05) is 29.5 Å². The van der Waals surface area contributed by atoms with Crippen LogP contribution in [0, 0.1) is 24.7 Å². The van der Waals surface area contributed by atoms with Crippen LogP contribution in [0.5, 0.6) is 11.5 Å². The van der Waals surface area contributed by atoms with Gasteiger partial charge in [-0.3, -0.25) is 14.4 Å². The minimum Gasteiger partial charge on any atom is -0.508 e. The summed E-state index contributed by atoms with van der Waals surface area (Å²) in [6.07, 6.45) is 0.798. The monoisotopic (exact) mass is 414 g/mol. The van der Waals surface area contributed by atoms with Gasteiger partial charge in [0.2, 0.25) is 5.78 Å². The molecule has 30 heavy (non-hydrogen) atoms. The van der Waals surface area contributed by atoms with Crippen LogP contribution in [-0.4, -0.2) is 39.5 Å². The third-order valence-electron chi connectivity index (χ3n) is 6.87. The van der Waals surface area contributed by atoms with Crippen molar-refractivity contribution < 1.29 is 34.1 Å². The quantitative estimate of drug-likeness (QED) is 0.677. The van der Waals surface area contributed by atoms with Crippen molar-refractivity contribution in [1.82, 2.24) is 0 Å². The molecule has 0 amide bonds. The predicted molar refractivity (Wildman–Crippen MR) is 106 cm³/mol. The maximum atomic E-state index is 13.4. The Morgan fingerprint density at radius 2 is 1.87 bits per heavy atom. The van der Waals surface area contributed by atoms with Crippen LogP contribution < -0.4 is 0 Å². The van der Waals surface area contributed by atoms with Crippen LogP contribution in [0.4, 0.5) is 0 Å². The zero-order valence-corrected chi connectivity index (χ0v) is 17.7. The van der Waals surface area contributed by atoms with E-state index < -0.39 is 22.9 Å². The average Bonchev–Trinajstić information content (AvgIpc) is 2.64. The summed E-state index contributed by atoms with van der Waals surface area (Å²) in [6, 6.07) is 1.25. The Hall–Kier alpha value is -2.83. The number of rotatable bonds is 1. The van der Waals surface area contributed by atoms with Gasteiger partial charge in [0.1, 0.15) is 23.2 Å². The molecule has 4 atom stereocenters. The zero-order valence-electron chi connectivity index (χ0n) is 17.7. The van der Waals surface area contributed by atoms with E-state index in [1.165, 1.54) is 19.9 Å². The number of esters is 1. The average molecular weight is 414 g/mol. The van der Waals surface area contributed by atoms with E-state index in [0.717, 1.165) is 0 Å². The van der Waals surface area contributed by atoms with Gasteiger partial charge in [0.05, 0.1) is 5.56 Å². The summed E-state index contributed by atoms with van der Waals surface area (Å²) >= 11 is 0. The van der Waals surface area contributed by atoms with E-state index in [1.54, 1.807) is 0 Å². The number of carbonyl (C=O) groups excluding carboxylic acids is 3. The van der Waals surface area contributed by atoms with E-state index in [2.05, 4.69) is 0 Å². The molecule has 160 valence electrons. The molecule has 1 aliphatic heterocycles. The zero-order chi connectivity index (χ0) is 22.1. The third kappa shape index (κ3) is 2.82. The Labute approximate surface area is 174 Å². The van der Waals surface area contributed by atoms with Gasteiger partial charge >= 0.3 is 5.97 Å². The summed E-state index contributed by atoms with van der Waals surface area (Å²) in [5, 5.41) is 20.6. The molecule has 7 nitrogen and oxygen atoms in total. The fraction of sp³-hybridized carbons (Fsp3) is 0.522. The summed E-state index contributed by atoms with van der Waals surface area (Å²) in [4.78, 5) is 38.3. The Morgan fingerprint density at radius 1 is 1.20 bits per heavy atom. The lowest BCUT2D eigenvalue weighted by Crippen LogP contribution is -2.52. The fourth-order valence-corrected chi connectivity index (χ4v) is 5.25. The Balaban J connectivity index is 1.83. The molecule has 2 N–H and O–H groups in total. The minimum absolute atomic E-state index is 0.00178. The second-order valence-corrected chi connectivity index (χ2v) is 9.21. The van der Waals surface area contributed by atoms with Crippen LogP contribution in [0.2, 0.25) is 0 Å². The molecule has 7 heteroatoms. The summed E-state index contributed by atoms with van der Waals surface area (Å²) in [6.45, 7) is 8.56. The number of benzene rings is 1. The van der Waals surface area contributed by atoms with Crippen molar-refractivity contribution in [2.45, 2.75) is 59.2 Å². The van der Waals surface area contributed by atoms with E-state index >= 15 is 0 Å². The first-order valence-corrected chi connectivity index (χ1v) is 10.2. The molecule has 1 aromatic carbocycles. The number of ketones is 2. The number of carbonyl (C=O) groups is 3. The van der Waals surface area contributed by atoms with Crippen LogP contribution in [0.15, 0.2) is 17.4 Å². The molecule has 1 fully saturated rings. The molecule has 2 aliphatic carbocycles. The number of Topliss-reactive ketones (excluding diaryl/α,β-unsaturated/α-hetero) is 2. The number of fused-ring (bicyclic) bond motifs is 3. The minimum atomic E-state index is -0.767. The second-order valence-electron chi connectivity index (χ2n) is 9.21. The van der Waals surface area contributed by atoms with Gasteiger partial charge < -0.3 is 19.7 Å². The molecule has 0 bridgehead atoms. The normalized spacial score (nSPS) is 29.5. The molecular weight excluding hydrogens is 388 g/mol. The van der Waals surface area contributed by atoms with Crippen LogP contribution >= 0.6 is 0 Å². The number of phenolic OH excluding ortho intramolecular Hbond substituents is 2. The van der Waals surface area contributed by atoms with Gasteiger partial charge in [-0.25, -0.2) is 0 Å². The number of phenols is 2. The van der Waals surface area contributed by atoms with E-state index in [4.69, 9.17) is 9.47 Å². The molecule has 1 heterocycles. The van der Waals surface area contributed by atoms with Crippen molar-refractivity contribution in [2.75, 3.05) is 0 Å². The Morgan fingerprint density at radius 3 is 2.50 bits per heavy atom. The maximum absolute atomic E-state index is 13.4. The number of hydrogen-bond donors (Lipinski definition) is 2. The van der Waals surface area contributed by atoms with Gasteiger partial charge in [0.25, 0.3) is 0 Å². The van der Waals surface area contributed by atoms with Gasteiger partial charge in [-0.05, 0) is 51.5 Å². The molecule has 3 aliphatic rings. The summed E-state index contributed by atoms with van der Waals surface area (Å²) < 4.78 is 11.6. The highest BCUT2D eigenvalue weighted by molar-refractivity contribution is 6.27. The smallest absolute Gasteiger partial charge is 0.302 e. The first kappa shape index (κ1) is 20.4. The first-order chi connectivity index (χ1) is 13.9. The van der Waals surface area contributed by atoms with Crippen LogP contribution in [-0.2, 0) is 14.3 Å². The van der Waals surface area contributed by atoms with Gasteiger partial charge in [0.15, 0.2) is 11.5 Å². The molecule has 0 aromatic heterocycles. The van der Waals surface area contributed by atoms with Crippen molar-refractivity contribution >= 4 is 17.5 Å². The predicted octanol–water partition coefficient (Wildman–Crippen LogP) is 3.44. The van der Waals surface area contributed by atoms with Crippen molar-refractivity contribution in [3.8, 4) is 11.5 Å². The number of aromatic hydroxyl groups is 2. The molecule has 1 aromatic rings. The van der Waals surface area contributed by atoms with E-state index in [1.807, 2.05) is 20.8 Å². The summed E-state index contributed by atoms with van der Waals surface area (Å²) in [7, 11) is 0. The third-order valence-corrected chi connectivity index (χ3v) is 6.87. The highest BCUT2D eigenvalue weighted by atomic mass is 16.5.